The van der Waals surface area contributed by atoms with E-state index in [1.165, 1.54) is 6.92 Å². The number of likely N-dealkylation sites (tertiary alicyclic amines) is 1. The van der Waals surface area contributed by atoms with Gasteiger partial charge in [-0.05, 0) is 60.8 Å². The Morgan fingerprint density at radius 2 is 1.80 bits per heavy atom. The zero-order valence-electron chi connectivity index (χ0n) is 24.7. The van der Waals surface area contributed by atoms with Crippen LogP contribution in [0.5, 0.6) is 5.75 Å². The second-order valence-corrected chi connectivity index (χ2v) is 16.7. The molecule has 0 radical (unpaired) electrons. The van der Waals surface area contributed by atoms with Crippen molar-refractivity contribution >= 4 is 26.1 Å². The van der Waals surface area contributed by atoms with Gasteiger partial charge in [-0.15, -0.1) is 0 Å². The summed E-state index contributed by atoms with van der Waals surface area (Å²) in [5.41, 5.74) is 2.41. The lowest BCUT2D eigenvalue weighted by molar-refractivity contribution is -0.114. The first-order valence-corrected chi connectivity index (χ1v) is 16.9. The molecule has 2 aromatic carbocycles. The smallest absolute Gasteiger partial charge is 0.410 e. The fourth-order valence-electron chi connectivity index (χ4n) is 4.55. The summed E-state index contributed by atoms with van der Waals surface area (Å²) in [6.07, 6.45) is 1.08. The minimum Gasteiger partial charge on any atom is -0.544 e. The molecule has 0 bridgehead atoms. The molecule has 1 aliphatic rings. The number of piperidine rings is 1. The Hall–Kier alpha value is -4.10. The molecule has 1 aromatic heterocycles. The third-order valence-electron chi connectivity index (χ3n) is 7.83. The first-order chi connectivity index (χ1) is 19.4. The van der Waals surface area contributed by atoms with E-state index < -0.39 is 14.4 Å². The van der Waals surface area contributed by atoms with Crippen molar-refractivity contribution in [2.45, 2.75) is 71.3 Å². The molecule has 1 aliphatic heterocycles. The number of hydrogen-bond donors (Lipinski definition) is 1. The summed E-state index contributed by atoms with van der Waals surface area (Å²) in [5.74, 6) is 0.806. The van der Waals surface area contributed by atoms with Crippen molar-refractivity contribution in [2.75, 3.05) is 18.4 Å². The molecule has 0 saturated carbocycles. The highest BCUT2D eigenvalue weighted by molar-refractivity contribution is 6.74. The maximum absolute atomic E-state index is 12.9. The summed E-state index contributed by atoms with van der Waals surface area (Å²) in [5, 5.41) is 17.8. The van der Waals surface area contributed by atoms with Crippen LogP contribution < -0.4 is 9.74 Å². The summed E-state index contributed by atoms with van der Waals surface area (Å²) < 4.78 is 13.7. The van der Waals surface area contributed by atoms with E-state index in [-0.39, 0.29) is 29.2 Å². The Morgan fingerprint density at radius 3 is 2.41 bits per heavy atom. The van der Waals surface area contributed by atoms with E-state index in [0.717, 1.165) is 29.7 Å². The predicted molar refractivity (Wildman–Crippen MR) is 161 cm³/mol. The Balaban J connectivity index is 1.58. The van der Waals surface area contributed by atoms with Gasteiger partial charge in [-0.3, -0.25) is 4.79 Å². The van der Waals surface area contributed by atoms with E-state index >= 15 is 0 Å². The number of amides is 2. The molecule has 3 aromatic rings. The molecule has 1 fully saturated rings. The number of nitriles is 1. The zero-order valence-corrected chi connectivity index (χ0v) is 25.7. The maximum atomic E-state index is 12.9. The van der Waals surface area contributed by atoms with Crippen molar-refractivity contribution in [1.29, 1.82) is 5.26 Å². The van der Waals surface area contributed by atoms with E-state index in [1.54, 1.807) is 9.58 Å². The fourth-order valence-corrected chi connectivity index (χ4v) is 5.58. The van der Waals surface area contributed by atoms with Crippen molar-refractivity contribution in [3.05, 3.63) is 65.7 Å². The van der Waals surface area contributed by atoms with Gasteiger partial charge in [0.05, 0.1) is 6.04 Å². The van der Waals surface area contributed by atoms with Gasteiger partial charge >= 0.3 is 6.09 Å². The Labute approximate surface area is 243 Å². The van der Waals surface area contributed by atoms with Crippen LogP contribution in [0.1, 0.15) is 57.7 Å². The summed E-state index contributed by atoms with van der Waals surface area (Å²) in [6.45, 7) is 13.5. The monoisotopic (exact) mass is 573 g/mol. The normalized spacial score (nSPS) is 15.6. The maximum Gasteiger partial charge on any atom is 0.410 e. The van der Waals surface area contributed by atoms with Gasteiger partial charge in [-0.1, -0.05) is 51.1 Å². The first-order valence-electron chi connectivity index (χ1n) is 13.9. The highest BCUT2D eigenvalue weighted by Gasteiger charge is 2.39. The molecule has 216 valence electrons. The number of aromatic nitrogens is 2. The molecular weight excluding hydrogens is 534 g/mol. The molecule has 9 nitrogen and oxygen atoms in total. The van der Waals surface area contributed by atoms with Crippen LogP contribution in [0.15, 0.2) is 54.6 Å². The van der Waals surface area contributed by atoms with Crippen LogP contribution in [-0.4, -0.2) is 48.1 Å². The first kappa shape index (κ1) is 29.9. The lowest BCUT2D eigenvalue weighted by Crippen LogP contribution is -2.43. The second kappa shape index (κ2) is 12.2. The Bertz CT molecular complexity index is 1420. The van der Waals surface area contributed by atoms with E-state index in [1.807, 2.05) is 54.6 Å². The minimum absolute atomic E-state index is 0.0630. The van der Waals surface area contributed by atoms with Gasteiger partial charge in [0.25, 0.3) is 0 Å². The van der Waals surface area contributed by atoms with E-state index in [2.05, 4.69) is 45.3 Å². The third kappa shape index (κ3) is 6.98. The van der Waals surface area contributed by atoms with Crippen molar-refractivity contribution in [3.8, 4) is 23.1 Å². The van der Waals surface area contributed by atoms with E-state index in [0.29, 0.717) is 24.6 Å². The SMILES string of the molecule is CC(=O)Nc1c(C#N)c(-c2ccc(O[Si](C)(C)C(C)(C)C)cc2)nn1C1CCCN(C(=O)OCc2ccccc2)C1. The molecule has 4 rings (SSSR count). The number of ether oxygens (including phenoxy) is 1. The lowest BCUT2D eigenvalue weighted by atomic mass is 10.1. The van der Waals surface area contributed by atoms with Crippen LogP contribution in [0.4, 0.5) is 10.6 Å². The molecule has 0 spiro atoms. The van der Waals surface area contributed by atoms with Gasteiger partial charge in [0.2, 0.25) is 14.2 Å². The summed E-state index contributed by atoms with van der Waals surface area (Å²) in [4.78, 5) is 26.7. The van der Waals surface area contributed by atoms with Crippen LogP contribution in [0.25, 0.3) is 11.3 Å². The lowest BCUT2D eigenvalue weighted by Gasteiger charge is -2.36. The summed E-state index contributed by atoms with van der Waals surface area (Å²) >= 11 is 0. The molecule has 41 heavy (non-hydrogen) atoms. The molecule has 1 atom stereocenters. The fraction of sp³-hybridized carbons (Fsp3) is 0.419. The van der Waals surface area contributed by atoms with Gasteiger partial charge in [-0.25, -0.2) is 9.48 Å². The van der Waals surface area contributed by atoms with Crippen LogP contribution in [0, 0.1) is 11.3 Å². The molecular formula is C31H39N5O4Si. The van der Waals surface area contributed by atoms with Crippen LogP contribution in [0.2, 0.25) is 18.1 Å². The highest BCUT2D eigenvalue weighted by Crippen LogP contribution is 2.38. The van der Waals surface area contributed by atoms with Gasteiger partial charge in [-0.2, -0.15) is 10.4 Å². The van der Waals surface area contributed by atoms with Gasteiger partial charge in [0.1, 0.15) is 35.5 Å². The van der Waals surface area contributed by atoms with Gasteiger partial charge in [0, 0.05) is 25.6 Å². The number of anilines is 1. The van der Waals surface area contributed by atoms with Crippen molar-refractivity contribution in [3.63, 3.8) is 0 Å². The van der Waals surface area contributed by atoms with Crippen LogP contribution in [0.3, 0.4) is 0 Å². The number of rotatable bonds is 7. The Kier molecular flexibility index (Phi) is 8.88. The summed E-state index contributed by atoms with van der Waals surface area (Å²) in [6, 6.07) is 19.1. The van der Waals surface area contributed by atoms with Crippen molar-refractivity contribution in [1.82, 2.24) is 14.7 Å². The molecule has 1 saturated heterocycles. The van der Waals surface area contributed by atoms with Gasteiger partial charge in [0.15, 0.2) is 0 Å². The summed E-state index contributed by atoms with van der Waals surface area (Å²) in [7, 11) is -2.01. The molecule has 2 amide bonds. The Morgan fingerprint density at radius 1 is 1.12 bits per heavy atom. The third-order valence-corrected chi connectivity index (χ3v) is 12.2. The van der Waals surface area contributed by atoms with Crippen molar-refractivity contribution in [2.24, 2.45) is 0 Å². The van der Waals surface area contributed by atoms with E-state index in [4.69, 9.17) is 14.3 Å². The zero-order chi connectivity index (χ0) is 29.8. The average molecular weight is 574 g/mol. The van der Waals surface area contributed by atoms with E-state index in [9.17, 15) is 14.9 Å². The van der Waals surface area contributed by atoms with Crippen LogP contribution in [-0.2, 0) is 16.1 Å². The highest BCUT2D eigenvalue weighted by atomic mass is 28.4. The number of benzene rings is 2. The topological polar surface area (TPSA) is 109 Å². The van der Waals surface area contributed by atoms with Crippen LogP contribution >= 0.6 is 0 Å². The predicted octanol–water partition coefficient (Wildman–Crippen LogP) is 6.74. The minimum atomic E-state index is -2.01. The number of carbonyl (C=O) groups excluding carboxylic acids is 2. The quantitative estimate of drug-likeness (QED) is 0.314. The standard InChI is InChI=1S/C31H39N5O4Si/c1-22(37)33-29-27(19-32)28(24-14-16-26(17-15-24)40-41(5,6)31(2,3)4)34-36(29)25-13-10-18-35(20-25)30(38)39-21-23-11-8-7-9-12-23/h7-9,11-12,14-17,25H,10,13,18,20-21H2,1-6H3,(H,33,37). The average Bonchev–Trinajstić information content (AvgIpc) is 3.29. The largest absolute Gasteiger partial charge is 0.544 e. The molecule has 2 heterocycles. The van der Waals surface area contributed by atoms with Gasteiger partial charge < -0.3 is 19.4 Å². The number of hydrogen-bond acceptors (Lipinski definition) is 6. The molecule has 10 heteroatoms. The molecule has 0 aliphatic carbocycles. The second-order valence-electron chi connectivity index (χ2n) is 12.0. The number of nitrogens with one attached hydrogen (secondary N) is 1. The molecule has 1 unspecified atom stereocenters. The number of carbonyl (C=O) groups is 2. The van der Waals surface area contributed by atoms with Crippen molar-refractivity contribution < 1.29 is 18.8 Å². The number of nitrogens with zero attached hydrogens (tertiary/aromatic N) is 4. The molecule has 1 N–H and O–H groups in total.